The molecule has 0 aromatic heterocycles. The summed E-state index contributed by atoms with van der Waals surface area (Å²) in [5.74, 6) is 0.913. The highest BCUT2D eigenvalue weighted by Crippen LogP contribution is 2.18. The van der Waals surface area contributed by atoms with Gasteiger partial charge in [-0.1, -0.05) is 42.5 Å². The molecule has 0 unspecified atom stereocenters. The quantitative estimate of drug-likeness (QED) is 0.855. The number of ether oxygens (including phenoxy) is 1. The van der Waals surface area contributed by atoms with E-state index in [2.05, 4.69) is 23.5 Å². The minimum absolute atomic E-state index is 0.0143. The zero-order valence-corrected chi connectivity index (χ0v) is 14.1. The second kappa shape index (κ2) is 7.86. The van der Waals surface area contributed by atoms with E-state index in [1.807, 2.05) is 42.2 Å². The van der Waals surface area contributed by atoms with Gasteiger partial charge in [-0.15, -0.1) is 0 Å². The largest absolute Gasteiger partial charge is 0.493 e. The molecule has 1 heterocycles. The Morgan fingerprint density at radius 3 is 2.71 bits per heavy atom. The summed E-state index contributed by atoms with van der Waals surface area (Å²) in [4.78, 5) is 14.1. The van der Waals surface area contributed by atoms with E-state index in [4.69, 9.17) is 4.74 Å². The van der Waals surface area contributed by atoms with Crippen molar-refractivity contribution in [3.8, 4) is 5.75 Å². The van der Waals surface area contributed by atoms with Gasteiger partial charge in [-0.2, -0.15) is 0 Å². The maximum atomic E-state index is 12.3. The Labute approximate surface area is 143 Å². The Balaban J connectivity index is 1.38. The van der Waals surface area contributed by atoms with Crippen molar-refractivity contribution in [1.82, 2.24) is 10.2 Å². The molecule has 0 spiro atoms. The molecule has 0 saturated heterocycles. The zero-order valence-electron chi connectivity index (χ0n) is 14.1. The standard InChI is InChI=1S/C20H24N2O2/c1-16-7-2-5-10-19(16)24-14-6-12-21-20(23)22-13-11-17-8-3-4-9-18(17)15-22/h2-5,7-10H,6,11-15H2,1H3,(H,21,23). The van der Waals surface area contributed by atoms with Crippen LogP contribution in [0.5, 0.6) is 5.75 Å². The summed E-state index contributed by atoms with van der Waals surface area (Å²) in [5.41, 5.74) is 3.74. The first-order valence-corrected chi connectivity index (χ1v) is 8.52. The van der Waals surface area contributed by atoms with Gasteiger partial charge in [0.2, 0.25) is 0 Å². The molecule has 1 aliphatic heterocycles. The molecule has 3 rings (SSSR count). The molecule has 1 aliphatic rings. The number of carbonyl (C=O) groups excluding carboxylic acids is 1. The molecular weight excluding hydrogens is 300 g/mol. The number of rotatable bonds is 5. The van der Waals surface area contributed by atoms with Crippen LogP contribution in [0.4, 0.5) is 4.79 Å². The SMILES string of the molecule is Cc1ccccc1OCCCNC(=O)N1CCc2ccccc2C1. The molecule has 0 aliphatic carbocycles. The summed E-state index contributed by atoms with van der Waals surface area (Å²) >= 11 is 0. The number of fused-ring (bicyclic) bond motifs is 1. The first kappa shape index (κ1) is 16.4. The van der Waals surface area contributed by atoms with E-state index in [1.54, 1.807) is 0 Å². The highest BCUT2D eigenvalue weighted by atomic mass is 16.5. The predicted octanol–water partition coefficient (Wildman–Crippen LogP) is 3.53. The molecule has 0 fully saturated rings. The van der Waals surface area contributed by atoms with Gasteiger partial charge < -0.3 is 15.0 Å². The van der Waals surface area contributed by atoms with Gasteiger partial charge in [0.15, 0.2) is 0 Å². The van der Waals surface area contributed by atoms with E-state index in [0.29, 0.717) is 19.7 Å². The molecule has 4 heteroatoms. The van der Waals surface area contributed by atoms with E-state index >= 15 is 0 Å². The molecule has 1 N–H and O–H groups in total. The van der Waals surface area contributed by atoms with Gasteiger partial charge in [-0.25, -0.2) is 4.79 Å². The highest BCUT2D eigenvalue weighted by molar-refractivity contribution is 5.74. The third kappa shape index (κ3) is 4.07. The topological polar surface area (TPSA) is 41.6 Å². The number of benzene rings is 2. The number of hydrogen-bond acceptors (Lipinski definition) is 2. The van der Waals surface area contributed by atoms with E-state index in [9.17, 15) is 4.79 Å². The van der Waals surface area contributed by atoms with Crippen molar-refractivity contribution in [3.63, 3.8) is 0 Å². The smallest absolute Gasteiger partial charge is 0.317 e. The van der Waals surface area contributed by atoms with Crippen LogP contribution in [0.2, 0.25) is 0 Å². The number of urea groups is 1. The van der Waals surface area contributed by atoms with Crippen molar-refractivity contribution < 1.29 is 9.53 Å². The average Bonchev–Trinajstić information content (AvgIpc) is 2.62. The Morgan fingerprint density at radius 2 is 1.88 bits per heavy atom. The Morgan fingerprint density at radius 1 is 1.12 bits per heavy atom. The molecule has 0 saturated carbocycles. The van der Waals surface area contributed by atoms with Gasteiger partial charge in [0.1, 0.15) is 5.75 Å². The molecule has 24 heavy (non-hydrogen) atoms. The fraction of sp³-hybridized carbons (Fsp3) is 0.350. The maximum absolute atomic E-state index is 12.3. The van der Waals surface area contributed by atoms with Gasteiger partial charge in [-0.05, 0) is 42.5 Å². The third-order valence-corrected chi connectivity index (χ3v) is 4.37. The number of carbonyl (C=O) groups is 1. The summed E-state index contributed by atoms with van der Waals surface area (Å²) in [5, 5.41) is 2.99. The summed E-state index contributed by atoms with van der Waals surface area (Å²) in [6, 6.07) is 16.3. The van der Waals surface area contributed by atoms with E-state index in [-0.39, 0.29) is 6.03 Å². The minimum Gasteiger partial charge on any atom is -0.493 e. The molecule has 0 atom stereocenters. The molecule has 4 nitrogen and oxygen atoms in total. The van der Waals surface area contributed by atoms with Crippen LogP contribution in [-0.4, -0.2) is 30.6 Å². The lowest BCUT2D eigenvalue weighted by molar-refractivity contribution is 0.191. The van der Waals surface area contributed by atoms with E-state index in [0.717, 1.165) is 30.7 Å². The van der Waals surface area contributed by atoms with Crippen LogP contribution in [0.1, 0.15) is 23.1 Å². The number of para-hydroxylation sites is 1. The van der Waals surface area contributed by atoms with Gasteiger partial charge >= 0.3 is 6.03 Å². The number of amides is 2. The van der Waals surface area contributed by atoms with Crippen molar-refractivity contribution in [2.75, 3.05) is 19.7 Å². The van der Waals surface area contributed by atoms with Crippen molar-refractivity contribution in [2.24, 2.45) is 0 Å². The molecular formula is C20H24N2O2. The lowest BCUT2D eigenvalue weighted by atomic mass is 10.0. The molecule has 2 aromatic rings. The Hall–Kier alpha value is -2.49. The summed E-state index contributed by atoms with van der Waals surface area (Å²) < 4.78 is 5.75. The van der Waals surface area contributed by atoms with Crippen molar-refractivity contribution in [3.05, 3.63) is 65.2 Å². The summed E-state index contributed by atoms with van der Waals surface area (Å²) in [6.45, 7) is 4.74. The summed E-state index contributed by atoms with van der Waals surface area (Å²) in [6.07, 6.45) is 1.73. The first-order valence-electron chi connectivity index (χ1n) is 8.52. The molecule has 0 radical (unpaired) electrons. The summed E-state index contributed by atoms with van der Waals surface area (Å²) in [7, 11) is 0. The normalized spacial score (nSPS) is 13.3. The van der Waals surface area contributed by atoms with Crippen LogP contribution in [0.3, 0.4) is 0 Å². The second-order valence-electron chi connectivity index (χ2n) is 6.14. The first-order chi connectivity index (χ1) is 11.7. The lowest BCUT2D eigenvalue weighted by Gasteiger charge is -2.29. The van der Waals surface area contributed by atoms with Gasteiger partial charge in [0.25, 0.3) is 0 Å². The average molecular weight is 324 g/mol. The Kier molecular flexibility index (Phi) is 5.36. The number of nitrogens with one attached hydrogen (secondary N) is 1. The molecule has 2 aromatic carbocycles. The fourth-order valence-corrected chi connectivity index (χ4v) is 2.95. The van der Waals surface area contributed by atoms with Crippen LogP contribution >= 0.6 is 0 Å². The minimum atomic E-state index is 0.0143. The lowest BCUT2D eigenvalue weighted by Crippen LogP contribution is -2.43. The molecule has 2 amide bonds. The van der Waals surface area contributed by atoms with Crippen molar-refractivity contribution in [2.45, 2.75) is 26.3 Å². The highest BCUT2D eigenvalue weighted by Gasteiger charge is 2.19. The van der Waals surface area contributed by atoms with E-state index < -0.39 is 0 Å². The van der Waals surface area contributed by atoms with Gasteiger partial charge in [0.05, 0.1) is 6.61 Å². The Bertz CT molecular complexity index is 700. The monoisotopic (exact) mass is 324 g/mol. The third-order valence-electron chi connectivity index (χ3n) is 4.37. The number of aryl methyl sites for hydroxylation is 1. The maximum Gasteiger partial charge on any atom is 0.317 e. The number of nitrogens with zero attached hydrogens (tertiary/aromatic N) is 1. The molecule has 0 bridgehead atoms. The van der Waals surface area contributed by atoms with Crippen molar-refractivity contribution in [1.29, 1.82) is 0 Å². The number of hydrogen-bond donors (Lipinski definition) is 1. The predicted molar refractivity (Wildman–Crippen MR) is 95.2 cm³/mol. The van der Waals surface area contributed by atoms with Crippen LogP contribution in [0.25, 0.3) is 0 Å². The zero-order chi connectivity index (χ0) is 16.8. The van der Waals surface area contributed by atoms with E-state index in [1.165, 1.54) is 11.1 Å². The van der Waals surface area contributed by atoms with Crippen LogP contribution in [-0.2, 0) is 13.0 Å². The van der Waals surface area contributed by atoms with Gasteiger partial charge in [-0.3, -0.25) is 0 Å². The van der Waals surface area contributed by atoms with Crippen LogP contribution in [0.15, 0.2) is 48.5 Å². The fourth-order valence-electron chi connectivity index (χ4n) is 2.95. The van der Waals surface area contributed by atoms with Crippen LogP contribution < -0.4 is 10.1 Å². The second-order valence-corrected chi connectivity index (χ2v) is 6.14. The molecule has 126 valence electrons. The van der Waals surface area contributed by atoms with Crippen LogP contribution in [0, 0.1) is 6.92 Å². The van der Waals surface area contributed by atoms with Gasteiger partial charge in [0, 0.05) is 19.6 Å². The van der Waals surface area contributed by atoms with Crippen molar-refractivity contribution >= 4 is 6.03 Å².